The summed E-state index contributed by atoms with van der Waals surface area (Å²) in [7, 11) is -2.16. The quantitative estimate of drug-likeness (QED) is 0.771. The zero-order valence-corrected chi connectivity index (χ0v) is 18.8. The molecule has 0 unspecified atom stereocenters. The normalized spacial score (nSPS) is 14.0. The number of anilines is 2. The van der Waals surface area contributed by atoms with Gasteiger partial charge in [0.2, 0.25) is 15.9 Å². The second kappa shape index (κ2) is 7.55. The van der Waals surface area contributed by atoms with Gasteiger partial charge in [-0.25, -0.2) is 13.1 Å². The Morgan fingerprint density at radius 1 is 1.17 bits per heavy atom. The van der Waals surface area contributed by atoms with Crippen LogP contribution < -0.4 is 14.9 Å². The predicted molar refractivity (Wildman–Crippen MR) is 115 cm³/mol. The van der Waals surface area contributed by atoms with Crippen molar-refractivity contribution in [2.24, 2.45) is 5.41 Å². The number of carbonyl (C=O) groups excluding carboxylic acids is 2. The van der Waals surface area contributed by atoms with Gasteiger partial charge in [-0.2, -0.15) is 0 Å². The fraction of sp³-hybridized carbons (Fsp3) is 0.400. The first kappa shape index (κ1) is 21.5. The number of nitrogens with one attached hydrogen (secondary N) is 2. The molecule has 29 heavy (non-hydrogen) atoms. The Kier molecular flexibility index (Phi) is 5.59. The first-order valence-electron chi connectivity index (χ1n) is 9.24. The van der Waals surface area contributed by atoms with E-state index in [2.05, 4.69) is 10.0 Å². The van der Waals surface area contributed by atoms with E-state index in [0.29, 0.717) is 22.8 Å². The summed E-state index contributed by atoms with van der Waals surface area (Å²) in [6.07, 6.45) is 0.589. The number of benzene rings is 1. The van der Waals surface area contributed by atoms with Crippen molar-refractivity contribution < 1.29 is 18.0 Å². The molecule has 0 radical (unpaired) electrons. The maximum absolute atomic E-state index is 13.2. The number of fused-ring (bicyclic) bond motifs is 1. The maximum atomic E-state index is 13.2. The van der Waals surface area contributed by atoms with E-state index in [-0.39, 0.29) is 16.7 Å². The average molecular weight is 436 g/mol. The third-order valence-electron chi connectivity index (χ3n) is 4.80. The second-order valence-electron chi connectivity index (χ2n) is 8.03. The second-order valence-corrected chi connectivity index (χ2v) is 11.0. The zero-order valence-electron chi connectivity index (χ0n) is 17.1. The van der Waals surface area contributed by atoms with Crippen molar-refractivity contribution in [1.82, 2.24) is 4.72 Å². The van der Waals surface area contributed by atoms with Crippen molar-refractivity contribution in [1.29, 1.82) is 0 Å². The molecule has 9 heteroatoms. The Labute approximate surface area is 175 Å². The number of thiophene rings is 1. The lowest BCUT2D eigenvalue weighted by atomic mass is 9.96. The highest BCUT2D eigenvalue weighted by atomic mass is 32.2. The van der Waals surface area contributed by atoms with Crippen molar-refractivity contribution in [3.8, 4) is 0 Å². The van der Waals surface area contributed by atoms with Gasteiger partial charge in [-0.05, 0) is 55.8 Å². The summed E-state index contributed by atoms with van der Waals surface area (Å²) in [5.74, 6) is -0.255. The van der Waals surface area contributed by atoms with Crippen LogP contribution in [-0.2, 0) is 21.2 Å². The minimum Gasteiger partial charge on any atom is -0.317 e. The van der Waals surface area contributed by atoms with Gasteiger partial charge in [0.25, 0.3) is 5.91 Å². The van der Waals surface area contributed by atoms with Gasteiger partial charge in [0.1, 0.15) is 0 Å². The highest BCUT2D eigenvalue weighted by molar-refractivity contribution is 7.89. The van der Waals surface area contributed by atoms with Crippen molar-refractivity contribution in [3.05, 3.63) is 40.3 Å². The van der Waals surface area contributed by atoms with E-state index in [4.69, 9.17) is 0 Å². The molecule has 2 aromatic rings. The summed E-state index contributed by atoms with van der Waals surface area (Å²) in [5, 5.41) is 3.51. The van der Waals surface area contributed by atoms with Gasteiger partial charge in [-0.3, -0.25) is 9.59 Å². The summed E-state index contributed by atoms with van der Waals surface area (Å²) in [6, 6.07) is 6.61. The van der Waals surface area contributed by atoms with Crippen LogP contribution in [0, 0.1) is 12.3 Å². The average Bonchev–Trinajstić information content (AvgIpc) is 3.23. The van der Waals surface area contributed by atoms with E-state index < -0.39 is 15.4 Å². The molecule has 1 aromatic carbocycles. The topological polar surface area (TPSA) is 95.6 Å². The lowest BCUT2D eigenvalue weighted by Gasteiger charge is -2.17. The van der Waals surface area contributed by atoms with E-state index in [1.165, 1.54) is 24.5 Å². The molecule has 156 valence electrons. The van der Waals surface area contributed by atoms with Crippen LogP contribution in [0.4, 0.5) is 10.7 Å². The van der Waals surface area contributed by atoms with E-state index in [1.807, 2.05) is 27.7 Å². The van der Waals surface area contributed by atoms with Crippen LogP contribution in [-0.4, -0.2) is 33.8 Å². The van der Waals surface area contributed by atoms with E-state index in [0.717, 1.165) is 16.8 Å². The number of rotatable bonds is 4. The van der Waals surface area contributed by atoms with Crippen molar-refractivity contribution in [2.45, 2.75) is 39.0 Å². The fourth-order valence-corrected chi connectivity index (χ4v) is 4.85. The number of hydrogen-bond acceptors (Lipinski definition) is 5. The lowest BCUT2D eigenvalue weighted by molar-refractivity contribution is -0.123. The molecule has 0 saturated heterocycles. The molecule has 0 aliphatic carbocycles. The van der Waals surface area contributed by atoms with Gasteiger partial charge in [-0.1, -0.05) is 20.8 Å². The van der Waals surface area contributed by atoms with Gasteiger partial charge in [0.05, 0.1) is 14.8 Å². The molecule has 0 spiro atoms. The molecule has 3 rings (SSSR count). The van der Waals surface area contributed by atoms with Crippen LogP contribution in [0.3, 0.4) is 0 Å². The molecule has 7 nitrogen and oxygen atoms in total. The van der Waals surface area contributed by atoms with E-state index in [1.54, 1.807) is 23.1 Å². The Morgan fingerprint density at radius 3 is 2.48 bits per heavy atom. The Bertz CT molecular complexity index is 1080. The number of amides is 2. The number of hydrogen-bond donors (Lipinski definition) is 2. The van der Waals surface area contributed by atoms with Crippen LogP contribution in [0.5, 0.6) is 0 Å². The minimum atomic E-state index is -3.53. The molecule has 0 saturated carbocycles. The van der Waals surface area contributed by atoms with Gasteiger partial charge >= 0.3 is 0 Å². The number of nitrogens with zero attached hydrogens (tertiary/aromatic N) is 1. The Balaban J connectivity index is 1.86. The molecule has 2 amide bonds. The smallest absolute Gasteiger partial charge is 0.268 e. The summed E-state index contributed by atoms with van der Waals surface area (Å²) in [4.78, 5) is 27.8. The monoisotopic (exact) mass is 435 g/mol. The van der Waals surface area contributed by atoms with Crippen molar-refractivity contribution in [2.75, 3.05) is 23.8 Å². The summed E-state index contributed by atoms with van der Waals surface area (Å²) >= 11 is 1.26. The minimum absolute atomic E-state index is 0.109. The molecular formula is C20H25N3O4S2. The first-order chi connectivity index (χ1) is 13.4. The summed E-state index contributed by atoms with van der Waals surface area (Å²) in [5.41, 5.74) is 1.82. The lowest BCUT2D eigenvalue weighted by Crippen LogP contribution is -2.28. The standard InChI is InChI=1S/C20H25N3O4S2/c1-12-10-16(22-19(25)20(2,3)4)28-17(12)18(24)23-9-8-13-11-14(6-7-15(13)23)29(26,27)21-5/h6-7,10-11,21H,8-9H2,1-5H3,(H,22,25). The zero-order chi connectivity index (χ0) is 21.6. The van der Waals surface area contributed by atoms with Gasteiger partial charge in [-0.15, -0.1) is 11.3 Å². The highest BCUT2D eigenvalue weighted by Gasteiger charge is 2.30. The van der Waals surface area contributed by atoms with Crippen molar-refractivity contribution >= 4 is 43.9 Å². The molecule has 0 fully saturated rings. The number of carbonyl (C=O) groups is 2. The Hall–Kier alpha value is -2.23. The van der Waals surface area contributed by atoms with Gasteiger partial charge < -0.3 is 10.2 Å². The highest BCUT2D eigenvalue weighted by Crippen LogP contribution is 2.35. The van der Waals surface area contributed by atoms with Crippen LogP contribution >= 0.6 is 11.3 Å². The molecule has 0 atom stereocenters. The maximum Gasteiger partial charge on any atom is 0.268 e. The summed E-state index contributed by atoms with van der Waals surface area (Å²) < 4.78 is 26.3. The molecule has 2 heterocycles. The van der Waals surface area contributed by atoms with Crippen molar-refractivity contribution in [3.63, 3.8) is 0 Å². The van der Waals surface area contributed by atoms with E-state index >= 15 is 0 Å². The fourth-order valence-electron chi connectivity index (χ4n) is 3.05. The molecule has 1 aliphatic rings. The Morgan fingerprint density at radius 2 is 1.86 bits per heavy atom. The molecule has 1 aliphatic heterocycles. The largest absolute Gasteiger partial charge is 0.317 e. The molecular weight excluding hydrogens is 410 g/mol. The first-order valence-corrected chi connectivity index (χ1v) is 11.5. The van der Waals surface area contributed by atoms with Gasteiger partial charge in [0, 0.05) is 17.6 Å². The van der Waals surface area contributed by atoms with E-state index in [9.17, 15) is 18.0 Å². The molecule has 1 aromatic heterocycles. The third-order valence-corrected chi connectivity index (χ3v) is 7.35. The van der Waals surface area contributed by atoms with Crippen LogP contribution in [0.1, 0.15) is 41.6 Å². The van der Waals surface area contributed by atoms with Crippen LogP contribution in [0.25, 0.3) is 0 Å². The summed E-state index contributed by atoms with van der Waals surface area (Å²) in [6.45, 7) is 7.82. The van der Waals surface area contributed by atoms with Gasteiger partial charge in [0.15, 0.2) is 0 Å². The third kappa shape index (κ3) is 4.22. The number of sulfonamides is 1. The molecule has 2 N–H and O–H groups in total. The number of aryl methyl sites for hydroxylation is 1. The van der Waals surface area contributed by atoms with Crippen LogP contribution in [0.2, 0.25) is 0 Å². The SMILES string of the molecule is CNS(=O)(=O)c1ccc2c(c1)CCN2C(=O)c1sc(NC(=O)C(C)(C)C)cc1C. The molecule has 0 bridgehead atoms. The van der Waals surface area contributed by atoms with Crippen LogP contribution in [0.15, 0.2) is 29.2 Å². The predicted octanol–water partition coefficient (Wildman–Crippen LogP) is 3.15.